The Kier molecular flexibility index (Phi) is 2.46. The predicted octanol–water partition coefficient (Wildman–Crippen LogP) is 2.33. The summed E-state index contributed by atoms with van der Waals surface area (Å²) in [4.78, 5) is 0. The molecule has 1 N–H and O–H groups in total. The fourth-order valence-corrected chi connectivity index (χ4v) is 2.32. The van der Waals surface area contributed by atoms with Crippen LogP contribution < -0.4 is 10.4 Å². The van der Waals surface area contributed by atoms with Gasteiger partial charge < -0.3 is 5.01 Å². The van der Waals surface area contributed by atoms with Crippen LogP contribution in [0.4, 0.5) is 5.69 Å². The van der Waals surface area contributed by atoms with Crippen molar-refractivity contribution in [1.82, 2.24) is 5.43 Å². The predicted molar refractivity (Wildman–Crippen MR) is 60.6 cm³/mol. The third kappa shape index (κ3) is 1.62. The van der Waals surface area contributed by atoms with E-state index in [-0.39, 0.29) is 0 Å². The lowest BCUT2D eigenvalue weighted by Gasteiger charge is -2.23. The van der Waals surface area contributed by atoms with Gasteiger partial charge in [0.15, 0.2) is 0 Å². The van der Waals surface area contributed by atoms with Crippen molar-refractivity contribution in [1.29, 1.82) is 0 Å². The SMILES string of the molecule is Cc1cc(C)c(N2CCCN2)c(C)c1. The first kappa shape index (κ1) is 9.53. The molecule has 0 unspecified atom stereocenters. The molecule has 76 valence electrons. The number of hydrogen-bond acceptors (Lipinski definition) is 2. The summed E-state index contributed by atoms with van der Waals surface area (Å²) in [5, 5.41) is 2.28. The van der Waals surface area contributed by atoms with E-state index >= 15 is 0 Å². The van der Waals surface area contributed by atoms with Crippen LogP contribution in [0.5, 0.6) is 0 Å². The van der Waals surface area contributed by atoms with Crippen LogP contribution in [0.1, 0.15) is 23.1 Å². The molecule has 0 bridgehead atoms. The van der Waals surface area contributed by atoms with E-state index in [1.54, 1.807) is 0 Å². The van der Waals surface area contributed by atoms with Gasteiger partial charge in [0.1, 0.15) is 0 Å². The molecule has 0 radical (unpaired) electrons. The summed E-state index contributed by atoms with van der Waals surface area (Å²) in [5.41, 5.74) is 8.87. The number of rotatable bonds is 1. The maximum absolute atomic E-state index is 3.41. The minimum absolute atomic E-state index is 1.10. The van der Waals surface area contributed by atoms with Crippen molar-refractivity contribution < 1.29 is 0 Å². The molecule has 1 aromatic carbocycles. The molecular formula is C12H18N2. The van der Waals surface area contributed by atoms with Gasteiger partial charge in [0, 0.05) is 13.1 Å². The highest BCUT2D eigenvalue weighted by Crippen LogP contribution is 2.26. The topological polar surface area (TPSA) is 15.3 Å². The first-order valence-corrected chi connectivity index (χ1v) is 5.27. The zero-order chi connectivity index (χ0) is 10.1. The number of aryl methyl sites for hydroxylation is 3. The van der Waals surface area contributed by atoms with Gasteiger partial charge in [-0.15, -0.1) is 0 Å². The maximum Gasteiger partial charge on any atom is 0.0578 e. The lowest BCUT2D eigenvalue weighted by atomic mass is 10.0. The standard InChI is InChI=1S/C12H18N2/c1-9-7-10(2)12(11(3)8-9)14-6-4-5-13-14/h7-8,13H,4-6H2,1-3H3. The Balaban J connectivity index is 2.40. The highest BCUT2D eigenvalue weighted by molar-refractivity contribution is 5.59. The second-order valence-electron chi connectivity index (χ2n) is 4.16. The fraction of sp³-hybridized carbons (Fsp3) is 0.500. The number of hydrazine groups is 1. The number of hydrogen-bond donors (Lipinski definition) is 1. The summed E-state index contributed by atoms with van der Waals surface area (Å²) in [6, 6.07) is 4.50. The van der Waals surface area contributed by atoms with Crippen LogP contribution in [-0.2, 0) is 0 Å². The van der Waals surface area contributed by atoms with Crippen LogP contribution in [0.2, 0.25) is 0 Å². The van der Waals surface area contributed by atoms with Crippen molar-refractivity contribution in [2.45, 2.75) is 27.2 Å². The Morgan fingerprint density at radius 1 is 1.14 bits per heavy atom. The molecule has 1 heterocycles. The number of anilines is 1. The van der Waals surface area contributed by atoms with Gasteiger partial charge in [-0.25, -0.2) is 5.43 Å². The van der Waals surface area contributed by atoms with Crippen molar-refractivity contribution in [2.75, 3.05) is 18.1 Å². The maximum atomic E-state index is 3.41. The van der Waals surface area contributed by atoms with Gasteiger partial charge in [-0.1, -0.05) is 17.7 Å². The molecule has 1 fully saturated rings. The number of nitrogens with zero attached hydrogens (tertiary/aromatic N) is 1. The summed E-state index contributed by atoms with van der Waals surface area (Å²) in [7, 11) is 0. The Labute approximate surface area is 85.9 Å². The van der Waals surface area contributed by atoms with Crippen LogP contribution in [-0.4, -0.2) is 13.1 Å². The normalized spacial score (nSPS) is 16.4. The first-order chi connectivity index (χ1) is 6.68. The number of nitrogens with one attached hydrogen (secondary N) is 1. The summed E-state index contributed by atoms with van der Waals surface area (Å²) in [5.74, 6) is 0. The summed E-state index contributed by atoms with van der Waals surface area (Å²) in [6.07, 6.45) is 1.24. The van der Waals surface area contributed by atoms with Gasteiger partial charge in [-0.3, -0.25) is 0 Å². The molecule has 1 aromatic rings. The van der Waals surface area contributed by atoms with Crippen LogP contribution in [0.3, 0.4) is 0 Å². The third-order valence-corrected chi connectivity index (χ3v) is 2.77. The second-order valence-corrected chi connectivity index (χ2v) is 4.16. The molecule has 0 amide bonds. The summed E-state index contributed by atoms with van der Waals surface area (Å²) in [6.45, 7) is 8.77. The van der Waals surface area contributed by atoms with E-state index in [2.05, 4.69) is 43.3 Å². The second kappa shape index (κ2) is 3.62. The van der Waals surface area contributed by atoms with E-state index < -0.39 is 0 Å². The molecule has 14 heavy (non-hydrogen) atoms. The molecule has 0 atom stereocenters. The minimum Gasteiger partial charge on any atom is -0.308 e. The van der Waals surface area contributed by atoms with Crippen molar-refractivity contribution in [2.24, 2.45) is 0 Å². The van der Waals surface area contributed by atoms with Gasteiger partial charge in [-0.05, 0) is 38.3 Å². The Hall–Kier alpha value is -1.02. The minimum atomic E-state index is 1.10. The lowest BCUT2D eigenvalue weighted by Crippen LogP contribution is -2.31. The van der Waals surface area contributed by atoms with Crippen molar-refractivity contribution in [3.63, 3.8) is 0 Å². The Morgan fingerprint density at radius 3 is 2.29 bits per heavy atom. The molecule has 0 saturated carbocycles. The van der Waals surface area contributed by atoms with Crippen molar-refractivity contribution in [3.8, 4) is 0 Å². The number of benzene rings is 1. The smallest absolute Gasteiger partial charge is 0.0578 e. The van der Waals surface area contributed by atoms with E-state index in [4.69, 9.17) is 0 Å². The highest BCUT2D eigenvalue weighted by atomic mass is 15.5. The molecule has 2 nitrogen and oxygen atoms in total. The molecule has 1 aliphatic rings. The average molecular weight is 190 g/mol. The van der Waals surface area contributed by atoms with Crippen molar-refractivity contribution in [3.05, 3.63) is 28.8 Å². The largest absolute Gasteiger partial charge is 0.308 e. The molecule has 1 aliphatic heterocycles. The first-order valence-electron chi connectivity index (χ1n) is 5.27. The van der Waals surface area contributed by atoms with Gasteiger partial charge in [0.25, 0.3) is 0 Å². The lowest BCUT2D eigenvalue weighted by molar-refractivity contribution is 0.781. The van der Waals surface area contributed by atoms with Gasteiger partial charge in [-0.2, -0.15) is 0 Å². The van der Waals surface area contributed by atoms with Crippen LogP contribution in [0, 0.1) is 20.8 Å². The Morgan fingerprint density at radius 2 is 1.79 bits per heavy atom. The van der Waals surface area contributed by atoms with Crippen LogP contribution in [0.15, 0.2) is 12.1 Å². The van der Waals surface area contributed by atoms with E-state index in [0.29, 0.717) is 0 Å². The third-order valence-electron chi connectivity index (χ3n) is 2.77. The van der Waals surface area contributed by atoms with E-state index in [0.717, 1.165) is 13.1 Å². The zero-order valence-electron chi connectivity index (χ0n) is 9.22. The van der Waals surface area contributed by atoms with E-state index in [9.17, 15) is 0 Å². The molecule has 2 rings (SSSR count). The van der Waals surface area contributed by atoms with Crippen molar-refractivity contribution >= 4 is 5.69 Å². The van der Waals surface area contributed by atoms with Gasteiger partial charge in [0.05, 0.1) is 5.69 Å². The zero-order valence-corrected chi connectivity index (χ0v) is 9.22. The summed E-state index contributed by atoms with van der Waals surface area (Å²) >= 11 is 0. The quantitative estimate of drug-likeness (QED) is 0.731. The monoisotopic (exact) mass is 190 g/mol. The van der Waals surface area contributed by atoms with E-state index in [1.165, 1.54) is 28.8 Å². The van der Waals surface area contributed by atoms with Crippen LogP contribution >= 0.6 is 0 Å². The summed E-state index contributed by atoms with van der Waals surface area (Å²) < 4.78 is 0. The van der Waals surface area contributed by atoms with Crippen LogP contribution in [0.25, 0.3) is 0 Å². The molecule has 0 spiro atoms. The molecule has 0 aromatic heterocycles. The molecule has 0 aliphatic carbocycles. The van der Waals surface area contributed by atoms with E-state index in [1.807, 2.05) is 0 Å². The molecule has 1 saturated heterocycles. The van der Waals surface area contributed by atoms with Gasteiger partial charge in [0.2, 0.25) is 0 Å². The molecule has 2 heteroatoms. The molecular weight excluding hydrogens is 172 g/mol. The van der Waals surface area contributed by atoms with Gasteiger partial charge >= 0.3 is 0 Å². The highest BCUT2D eigenvalue weighted by Gasteiger charge is 2.15. The fourth-order valence-electron chi connectivity index (χ4n) is 2.32. The Bertz CT molecular complexity index is 315. The average Bonchev–Trinajstić information content (AvgIpc) is 2.54.